The van der Waals surface area contributed by atoms with E-state index < -0.39 is 24.2 Å². The minimum Gasteiger partial charge on any atom is -0.462 e. The Morgan fingerprint density at radius 3 is 2.00 bits per heavy atom. The molecular formula is C13H22F3NO2. The van der Waals surface area contributed by atoms with Crippen molar-refractivity contribution in [2.24, 2.45) is 5.92 Å². The van der Waals surface area contributed by atoms with Gasteiger partial charge in [0.15, 0.2) is 0 Å². The molecule has 0 aromatic carbocycles. The molecule has 0 aliphatic carbocycles. The van der Waals surface area contributed by atoms with E-state index in [1.54, 1.807) is 0 Å². The highest BCUT2D eigenvalue weighted by Gasteiger charge is 2.45. The smallest absolute Gasteiger partial charge is 0.401 e. The van der Waals surface area contributed by atoms with E-state index in [0.717, 1.165) is 6.92 Å². The van der Waals surface area contributed by atoms with Gasteiger partial charge in [-0.05, 0) is 34.6 Å². The number of alkyl halides is 3. The van der Waals surface area contributed by atoms with Crippen LogP contribution in [0.5, 0.6) is 0 Å². The van der Waals surface area contributed by atoms with E-state index in [2.05, 4.69) is 5.32 Å². The van der Waals surface area contributed by atoms with Crippen molar-refractivity contribution in [3.05, 3.63) is 0 Å². The first-order chi connectivity index (χ1) is 8.32. The topological polar surface area (TPSA) is 38.3 Å². The monoisotopic (exact) mass is 281 g/mol. The quantitative estimate of drug-likeness (QED) is 0.791. The van der Waals surface area contributed by atoms with Crippen LogP contribution in [0.3, 0.4) is 0 Å². The average molecular weight is 281 g/mol. The maximum Gasteiger partial charge on any atom is 0.401 e. The SMILES string of the molecule is CC(C(=O)OC1CC(C)(C)NC(C)(C)C1)C(F)(F)F. The van der Waals surface area contributed by atoms with E-state index in [1.807, 2.05) is 27.7 Å². The third kappa shape index (κ3) is 4.67. The number of halogens is 3. The van der Waals surface area contributed by atoms with Gasteiger partial charge in [-0.15, -0.1) is 0 Å². The third-order valence-electron chi connectivity index (χ3n) is 3.28. The van der Waals surface area contributed by atoms with Crippen LogP contribution in [-0.4, -0.2) is 29.3 Å². The summed E-state index contributed by atoms with van der Waals surface area (Å²) in [6.45, 7) is 8.62. The second kappa shape index (κ2) is 4.96. The van der Waals surface area contributed by atoms with E-state index in [9.17, 15) is 18.0 Å². The first-order valence-corrected chi connectivity index (χ1v) is 6.39. The second-order valence-corrected chi connectivity index (χ2v) is 6.62. The molecule has 0 saturated carbocycles. The van der Waals surface area contributed by atoms with Crippen molar-refractivity contribution in [1.29, 1.82) is 0 Å². The highest BCUT2D eigenvalue weighted by Crippen LogP contribution is 2.32. The summed E-state index contributed by atoms with van der Waals surface area (Å²) in [5.41, 5.74) is -0.539. The average Bonchev–Trinajstić information content (AvgIpc) is 2.09. The number of esters is 1. The number of rotatable bonds is 2. The molecule has 6 heteroatoms. The molecule has 1 rings (SSSR count). The summed E-state index contributed by atoms with van der Waals surface area (Å²) >= 11 is 0. The maximum absolute atomic E-state index is 12.4. The Morgan fingerprint density at radius 1 is 1.21 bits per heavy atom. The molecule has 112 valence electrons. The fourth-order valence-corrected chi connectivity index (χ4v) is 2.71. The van der Waals surface area contributed by atoms with Gasteiger partial charge in [0.05, 0.1) is 0 Å². The molecule has 1 aliphatic rings. The first kappa shape index (κ1) is 16.3. The van der Waals surface area contributed by atoms with Crippen molar-refractivity contribution in [2.45, 2.75) is 70.8 Å². The molecule has 19 heavy (non-hydrogen) atoms. The lowest BCUT2D eigenvalue weighted by atomic mass is 9.81. The second-order valence-electron chi connectivity index (χ2n) is 6.62. The minimum absolute atomic E-state index is 0.270. The molecular weight excluding hydrogens is 259 g/mol. The minimum atomic E-state index is -4.55. The number of hydrogen-bond donors (Lipinski definition) is 1. The van der Waals surface area contributed by atoms with Gasteiger partial charge in [-0.3, -0.25) is 4.79 Å². The Kier molecular flexibility index (Phi) is 4.25. The number of carbonyl (C=O) groups excluding carboxylic acids is 1. The van der Waals surface area contributed by atoms with Crippen molar-refractivity contribution in [2.75, 3.05) is 0 Å². The molecule has 0 aromatic heterocycles. The van der Waals surface area contributed by atoms with Crippen LogP contribution in [0.4, 0.5) is 13.2 Å². The van der Waals surface area contributed by atoms with Crippen molar-refractivity contribution in [1.82, 2.24) is 5.32 Å². The molecule has 1 aliphatic heterocycles. The molecule has 1 heterocycles. The number of nitrogens with one attached hydrogen (secondary N) is 1. The fraction of sp³-hybridized carbons (Fsp3) is 0.923. The lowest BCUT2D eigenvalue weighted by molar-refractivity contribution is -0.199. The van der Waals surface area contributed by atoms with Crippen molar-refractivity contribution < 1.29 is 22.7 Å². The number of hydrogen-bond acceptors (Lipinski definition) is 3. The number of ether oxygens (including phenoxy) is 1. The Labute approximate surface area is 111 Å². The Balaban J connectivity index is 2.69. The summed E-state index contributed by atoms with van der Waals surface area (Å²) < 4.78 is 42.4. The van der Waals surface area contributed by atoms with E-state index in [4.69, 9.17) is 4.74 Å². The summed E-state index contributed by atoms with van der Waals surface area (Å²) in [5.74, 6) is -3.26. The third-order valence-corrected chi connectivity index (χ3v) is 3.28. The summed E-state index contributed by atoms with van der Waals surface area (Å²) in [7, 11) is 0. The zero-order chi connectivity index (χ0) is 15.1. The highest BCUT2D eigenvalue weighted by atomic mass is 19.4. The fourth-order valence-electron chi connectivity index (χ4n) is 2.71. The summed E-state index contributed by atoms with van der Waals surface area (Å²) in [5, 5.41) is 3.38. The van der Waals surface area contributed by atoms with Gasteiger partial charge in [-0.2, -0.15) is 13.2 Å². The normalized spacial score (nSPS) is 24.8. The van der Waals surface area contributed by atoms with Crippen LogP contribution in [0.15, 0.2) is 0 Å². The van der Waals surface area contributed by atoms with Crippen LogP contribution in [-0.2, 0) is 9.53 Å². The molecule has 1 fully saturated rings. The van der Waals surface area contributed by atoms with Crippen molar-refractivity contribution >= 4 is 5.97 Å². The van der Waals surface area contributed by atoms with E-state index in [1.165, 1.54) is 0 Å². The van der Waals surface area contributed by atoms with E-state index >= 15 is 0 Å². The molecule has 0 bridgehead atoms. The van der Waals surface area contributed by atoms with Gasteiger partial charge in [0, 0.05) is 23.9 Å². The zero-order valence-corrected chi connectivity index (χ0v) is 12.0. The van der Waals surface area contributed by atoms with Gasteiger partial charge in [0.25, 0.3) is 0 Å². The Hall–Kier alpha value is -0.780. The Bertz CT molecular complexity index is 334. The molecule has 1 N–H and O–H groups in total. The van der Waals surface area contributed by atoms with Crippen LogP contribution in [0.1, 0.15) is 47.5 Å². The van der Waals surface area contributed by atoms with Crippen molar-refractivity contribution in [3.8, 4) is 0 Å². The van der Waals surface area contributed by atoms with Gasteiger partial charge < -0.3 is 10.1 Å². The van der Waals surface area contributed by atoms with Crippen LogP contribution in [0.25, 0.3) is 0 Å². The molecule has 3 nitrogen and oxygen atoms in total. The molecule has 0 radical (unpaired) electrons. The van der Waals surface area contributed by atoms with Crippen LogP contribution >= 0.6 is 0 Å². The predicted molar refractivity (Wildman–Crippen MR) is 65.6 cm³/mol. The molecule has 0 spiro atoms. The van der Waals surface area contributed by atoms with Crippen LogP contribution < -0.4 is 5.32 Å². The molecule has 0 aromatic rings. The van der Waals surface area contributed by atoms with E-state index in [-0.39, 0.29) is 11.1 Å². The largest absolute Gasteiger partial charge is 0.462 e. The molecule has 1 saturated heterocycles. The van der Waals surface area contributed by atoms with Gasteiger partial charge in [0.2, 0.25) is 0 Å². The van der Waals surface area contributed by atoms with Gasteiger partial charge in [0.1, 0.15) is 12.0 Å². The van der Waals surface area contributed by atoms with Gasteiger partial charge >= 0.3 is 12.1 Å². The first-order valence-electron chi connectivity index (χ1n) is 6.39. The zero-order valence-electron chi connectivity index (χ0n) is 12.0. The summed E-state index contributed by atoms with van der Waals surface area (Å²) in [4.78, 5) is 11.5. The maximum atomic E-state index is 12.4. The highest BCUT2D eigenvalue weighted by molar-refractivity contribution is 5.73. The molecule has 0 amide bonds. The summed E-state index contributed by atoms with van der Waals surface area (Å²) in [6.07, 6.45) is -4.02. The van der Waals surface area contributed by atoms with E-state index in [0.29, 0.717) is 12.8 Å². The lowest BCUT2D eigenvalue weighted by Gasteiger charge is -2.46. The number of carbonyl (C=O) groups is 1. The number of piperidine rings is 1. The molecule has 1 unspecified atom stereocenters. The van der Waals surface area contributed by atoms with Crippen LogP contribution in [0, 0.1) is 5.92 Å². The predicted octanol–water partition coefficient (Wildman–Crippen LogP) is 3.04. The standard InChI is InChI=1S/C13H22F3NO2/c1-8(13(14,15)16)10(18)19-9-6-11(2,3)17-12(4,5)7-9/h8-9,17H,6-7H2,1-5H3. The van der Waals surface area contributed by atoms with Crippen molar-refractivity contribution in [3.63, 3.8) is 0 Å². The summed E-state index contributed by atoms with van der Waals surface area (Å²) in [6, 6.07) is 0. The Morgan fingerprint density at radius 2 is 1.63 bits per heavy atom. The molecule has 1 atom stereocenters. The van der Waals surface area contributed by atoms with Gasteiger partial charge in [-0.25, -0.2) is 0 Å². The van der Waals surface area contributed by atoms with Gasteiger partial charge in [-0.1, -0.05) is 0 Å². The van der Waals surface area contributed by atoms with Crippen LogP contribution in [0.2, 0.25) is 0 Å². The lowest BCUT2D eigenvalue weighted by Crippen LogP contribution is -2.60.